The van der Waals surface area contributed by atoms with E-state index in [2.05, 4.69) is 97.1 Å². The van der Waals surface area contributed by atoms with Crippen molar-refractivity contribution in [2.75, 3.05) is 21.1 Å². The fourth-order valence-electron chi connectivity index (χ4n) is 3.72. The molecule has 0 saturated heterocycles. The number of rotatable bonds is 1. The summed E-state index contributed by atoms with van der Waals surface area (Å²) in [6.07, 6.45) is 0. The Balaban J connectivity index is 0.000000509. The van der Waals surface area contributed by atoms with Gasteiger partial charge in [-0.05, 0) is 70.7 Å². The van der Waals surface area contributed by atoms with Crippen molar-refractivity contribution >= 4 is 32.3 Å². The van der Waals surface area contributed by atoms with Crippen molar-refractivity contribution in [2.45, 2.75) is 41.5 Å². The van der Waals surface area contributed by atoms with Gasteiger partial charge in [0.15, 0.2) is 0 Å². The first kappa shape index (κ1) is 28.9. The molecule has 0 saturated carbocycles. The Morgan fingerprint density at radius 1 is 0.353 bits per heavy atom. The van der Waals surface area contributed by atoms with E-state index in [1.807, 2.05) is 67.6 Å². The maximum Gasteiger partial charge on any atom is -0.00928 e. The first-order valence-electron chi connectivity index (χ1n) is 12.6. The molecule has 1 nitrogen and oxygen atoms in total. The van der Waals surface area contributed by atoms with E-state index in [9.17, 15) is 0 Å². The lowest BCUT2D eigenvalue weighted by Crippen LogP contribution is -1.99. The largest absolute Gasteiger partial charge is 0.312 e. The molecule has 0 aliphatic rings. The predicted molar refractivity (Wildman–Crippen MR) is 158 cm³/mol. The van der Waals surface area contributed by atoms with Crippen LogP contribution in [-0.4, -0.2) is 26.0 Å². The zero-order chi connectivity index (χ0) is 25.5. The Hall–Kier alpha value is -3.16. The van der Waals surface area contributed by atoms with Gasteiger partial charge < -0.3 is 4.90 Å². The molecule has 1 heteroatoms. The maximum absolute atomic E-state index is 2.33. The van der Waals surface area contributed by atoms with Gasteiger partial charge in [-0.2, -0.15) is 0 Å². The Morgan fingerprint density at radius 2 is 0.676 bits per heavy atom. The number of hydrogen-bond donors (Lipinski definition) is 0. The number of fused-ring (bicyclic) bond motifs is 6. The fraction of sp³-hybridized carbons (Fsp3) is 0.273. The summed E-state index contributed by atoms with van der Waals surface area (Å²) in [5, 5.41) is 7.95. The van der Waals surface area contributed by atoms with Gasteiger partial charge in [0.25, 0.3) is 0 Å². The van der Waals surface area contributed by atoms with Gasteiger partial charge >= 0.3 is 0 Å². The molecule has 5 aromatic rings. The lowest BCUT2D eigenvalue weighted by molar-refractivity contribution is 0.505. The van der Waals surface area contributed by atoms with E-state index >= 15 is 0 Å². The van der Waals surface area contributed by atoms with Gasteiger partial charge in [-0.25, -0.2) is 0 Å². The van der Waals surface area contributed by atoms with Crippen LogP contribution < -0.4 is 0 Å². The van der Waals surface area contributed by atoms with Gasteiger partial charge in [0.1, 0.15) is 0 Å². The van der Waals surface area contributed by atoms with Crippen LogP contribution in [0, 0.1) is 0 Å². The van der Waals surface area contributed by atoms with E-state index in [4.69, 9.17) is 0 Å². The summed E-state index contributed by atoms with van der Waals surface area (Å²) in [7, 11) is 6.00. The average Bonchev–Trinajstić information content (AvgIpc) is 2.92. The normalized spacial score (nSPS) is 9.59. The maximum atomic E-state index is 2.33. The van der Waals surface area contributed by atoms with Crippen LogP contribution in [0.3, 0.4) is 0 Å². The molecule has 0 fully saturated rings. The SMILES string of the molecule is CC.CC.CC.CN(C)C.c1ccc(-c2ccc3c4ccccc4c4ccccc4c3c2)cc1. The summed E-state index contributed by atoms with van der Waals surface area (Å²) in [6.45, 7) is 12.0. The molecule has 0 bridgehead atoms. The van der Waals surface area contributed by atoms with Crippen molar-refractivity contribution in [3.63, 3.8) is 0 Å². The summed E-state index contributed by atoms with van der Waals surface area (Å²) in [6, 6.07) is 34.9. The van der Waals surface area contributed by atoms with Crippen molar-refractivity contribution in [3.8, 4) is 11.1 Å². The number of nitrogens with zero attached hydrogens (tertiary/aromatic N) is 1. The lowest BCUT2D eigenvalue weighted by atomic mass is 9.92. The van der Waals surface area contributed by atoms with E-state index in [1.54, 1.807) is 0 Å². The van der Waals surface area contributed by atoms with Gasteiger partial charge in [-0.3, -0.25) is 0 Å². The van der Waals surface area contributed by atoms with Gasteiger partial charge in [-0.15, -0.1) is 0 Å². The summed E-state index contributed by atoms with van der Waals surface area (Å²) >= 11 is 0. The quantitative estimate of drug-likeness (QED) is 0.228. The highest BCUT2D eigenvalue weighted by Crippen LogP contribution is 2.36. The average molecular weight is 454 g/mol. The second-order valence-electron chi connectivity index (χ2n) is 7.56. The van der Waals surface area contributed by atoms with Crippen LogP contribution in [0.2, 0.25) is 0 Å². The third-order valence-corrected chi connectivity index (χ3v) is 4.85. The molecule has 0 aliphatic heterocycles. The molecule has 0 N–H and O–H groups in total. The molecular formula is C33H43N. The van der Waals surface area contributed by atoms with Crippen LogP contribution in [-0.2, 0) is 0 Å². The Morgan fingerprint density at radius 3 is 1.09 bits per heavy atom. The van der Waals surface area contributed by atoms with Crippen molar-refractivity contribution in [1.29, 1.82) is 0 Å². The molecule has 180 valence electrons. The molecule has 5 rings (SSSR count). The molecule has 0 atom stereocenters. The van der Waals surface area contributed by atoms with Crippen LogP contribution in [0.15, 0.2) is 97.1 Å². The molecule has 0 aromatic heterocycles. The molecule has 34 heavy (non-hydrogen) atoms. The minimum Gasteiger partial charge on any atom is -0.312 e. The lowest BCUT2D eigenvalue weighted by Gasteiger charge is -2.12. The van der Waals surface area contributed by atoms with Gasteiger partial charge in [0, 0.05) is 0 Å². The van der Waals surface area contributed by atoms with Crippen molar-refractivity contribution in [2.24, 2.45) is 0 Å². The van der Waals surface area contributed by atoms with E-state index in [0.29, 0.717) is 0 Å². The monoisotopic (exact) mass is 453 g/mol. The van der Waals surface area contributed by atoms with Gasteiger partial charge in [-0.1, -0.05) is 133 Å². The smallest absolute Gasteiger partial charge is 0.00928 e. The standard InChI is InChI=1S/C24H16.C3H9N.3C2H6/c1-2-8-17(9-3-1)18-14-15-23-21-12-5-4-10-19(21)20-11-6-7-13-22(20)24(23)16-18;1-4(2)3;3*1-2/h1-16H;1-3H3;3*1-2H3. The minimum atomic E-state index is 1.26. The number of benzene rings is 5. The fourth-order valence-corrected chi connectivity index (χ4v) is 3.72. The first-order chi connectivity index (χ1) is 16.6. The minimum absolute atomic E-state index is 1.26. The van der Waals surface area contributed by atoms with Crippen LogP contribution >= 0.6 is 0 Å². The molecule has 0 aliphatic carbocycles. The van der Waals surface area contributed by atoms with Crippen molar-refractivity contribution in [1.82, 2.24) is 4.90 Å². The molecule has 0 unspecified atom stereocenters. The van der Waals surface area contributed by atoms with Gasteiger partial charge in [0.2, 0.25) is 0 Å². The second kappa shape index (κ2) is 15.6. The zero-order valence-electron chi connectivity index (χ0n) is 22.7. The van der Waals surface area contributed by atoms with E-state index in [0.717, 1.165) is 0 Å². The molecule has 0 radical (unpaired) electrons. The molecular weight excluding hydrogens is 410 g/mol. The first-order valence-corrected chi connectivity index (χ1v) is 12.6. The predicted octanol–water partition coefficient (Wildman–Crippen LogP) is 10.1. The van der Waals surface area contributed by atoms with Crippen molar-refractivity contribution in [3.05, 3.63) is 97.1 Å². The Kier molecular flexibility index (Phi) is 13.3. The van der Waals surface area contributed by atoms with Crippen LogP contribution in [0.25, 0.3) is 43.4 Å². The van der Waals surface area contributed by atoms with E-state index in [1.165, 1.54) is 43.4 Å². The van der Waals surface area contributed by atoms with Crippen molar-refractivity contribution < 1.29 is 0 Å². The summed E-state index contributed by atoms with van der Waals surface area (Å²) in [4.78, 5) is 2.00. The van der Waals surface area contributed by atoms with E-state index < -0.39 is 0 Å². The number of hydrogen-bond acceptors (Lipinski definition) is 1. The highest BCUT2D eigenvalue weighted by Gasteiger charge is 2.09. The summed E-state index contributed by atoms with van der Waals surface area (Å²) in [5.74, 6) is 0. The van der Waals surface area contributed by atoms with Crippen LogP contribution in [0.1, 0.15) is 41.5 Å². The van der Waals surface area contributed by atoms with E-state index in [-0.39, 0.29) is 0 Å². The Labute approximate surface area is 208 Å². The third-order valence-electron chi connectivity index (χ3n) is 4.85. The molecule has 0 amide bonds. The zero-order valence-corrected chi connectivity index (χ0v) is 22.7. The Bertz CT molecular complexity index is 1200. The van der Waals surface area contributed by atoms with Crippen LogP contribution in [0.4, 0.5) is 0 Å². The molecule has 0 heterocycles. The topological polar surface area (TPSA) is 3.24 Å². The summed E-state index contributed by atoms with van der Waals surface area (Å²) in [5.41, 5.74) is 2.53. The highest BCUT2D eigenvalue weighted by atomic mass is 15.0. The second-order valence-corrected chi connectivity index (χ2v) is 7.56. The third kappa shape index (κ3) is 7.17. The highest BCUT2D eigenvalue weighted by molar-refractivity contribution is 6.25. The van der Waals surface area contributed by atoms with Crippen LogP contribution in [0.5, 0.6) is 0 Å². The molecule has 0 spiro atoms. The molecule has 5 aromatic carbocycles. The summed E-state index contributed by atoms with van der Waals surface area (Å²) < 4.78 is 0. The van der Waals surface area contributed by atoms with Gasteiger partial charge in [0.05, 0.1) is 0 Å².